The third kappa shape index (κ3) is 4.08. The Kier molecular flexibility index (Phi) is 5.23. The molecule has 0 saturated heterocycles. The molecule has 0 aliphatic carbocycles. The Morgan fingerprint density at radius 2 is 1.78 bits per heavy atom. The minimum Gasteiger partial charge on any atom is -0.322 e. The van der Waals surface area contributed by atoms with Gasteiger partial charge in [-0.15, -0.1) is 0 Å². The minimum atomic E-state index is 0.106. The first kappa shape index (κ1) is 15.9. The van der Waals surface area contributed by atoms with Crippen LogP contribution >= 0.6 is 15.9 Å². The van der Waals surface area contributed by atoms with Crippen LogP contribution in [0.4, 0.5) is 5.69 Å². The predicted octanol–water partition coefficient (Wildman–Crippen LogP) is 4.72. The maximum absolute atomic E-state index is 12.7. The molecule has 2 aromatic rings. The van der Waals surface area contributed by atoms with E-state index >= 15 is 0 Å². The number of rotatable bonds is 4. The first-order valence-electron chi connectivity index (χ1n) is 7.89. The molecule has 0 spiro atoms. The molecule has 2 aromatic carbocycles. The van der Waals surface area contributed by atoms with Gasteiger partial charge in [-0.05, 0) is 37.1 Å². The van der Waals surface area contributed by atoms with Crippen molar-refractivity contribution in [2.24, 2.45) is 4.99 Å². The van der Waals surface area contributed by atoms with Gasteiger partial charge in [-0.25, -0.2) is 0 Å². The van der Waals surface area contributed by atoms with E-state index in [0.29, 0.717) is 6.54 Å². The molecule has 0 radical (unpaired) electrons. The van der Waals surface area contributed by atoms with E-state index in [1.54, 1.807) is 0 Å². The number of ketones is 1. The average molecular weight is 371 g/mol. The van der Waals surface area contributed by atoms with Crippen LogP contribution in [0.25, 0.3) is 0 Å². The molecule has 23 heavy (non-hydrogen) atoms. The summed E-state index contributed by atoms with van der Waals surface area (Å²) in [5.74, 6) is 1.13. The normalized spacial score (nSPS) is 14.2. The molecule has 118 valence electrons. The first-order chi connectivity index (χ1) is 11.2. The smallest absolute Gasteiger partial charge is 0.182 e. The Morgan fingerprint density at radius 3 is 2.43 bits per heavy atom. The maximum atomic E-state index is 12.7. The van der Waals surface area contributed by atoms with Crippen molar-refractivity contribution in [1.29, 1.82) is 0 Å². The van der Waals surface area contributed by atoms with Gasteiger partial charge in [0, 0.05) is 28.7 Å². The maximum Gasteiger partial charge on any atom is 0.182 e. The van der Waals surface area contributed by atoms with Crippen LogP contribution in [0, 0.1) is 0 Å². The summed E-state index contributed by atoms with van der Waals surface area (Å²) in [6.45, 7) is 1.18. The van der Waals surface area contributed by atoms with Crippen LogP contribution in [0.5, 0.6) is 0 Å². The topological polar surface area (TPSA) is 32.7 Å². The zero-order valence-corrected chi connectivity index (χ0v) is 14.5. The number of para-hydroxylation sites is 1. The van der Waals surface area contributed by atoms with E-state index in [1.165, 1.54) is 0 Å². The number of carbonyl (C=O) groups excluding carboxylic acids is 1. The summed E-state index contributed by atoms with van der Waals surface area (Å²) in [5, 5.41) is 0. The fourth-order valence-electron chi connectivity index (χ4n) is 2.71. The number of aliphatic imine (C=N–C) groups is 1. The zero-order chi connectivity index (χ0) is 16.1. The Labute approximate surface area is 145 Å². The van der Waals surface area contributed by atoms with Gasteiger partial charge in [0.05, 0.1) is 6.54 Å². The number of hydrogen-bond acceptors (Lipinski definition) is 3. The van der Waals surface area contributed by atoms with E-state index in [1.807, 2.05) is 54.6 Å². The van der Waals surface area contributed by atoms with Crippen molar-refractivity contribution >= 4 is 33.2 Å². The van der Waals surface area contributed by atoms with Crippen LogP contribution < -0.4 is 4.90 Å². The van der Waals surface area contributed by atoms with Crippen molar-refractivity contribution in [3.63, 3.8) is 0 Å². The molecule has 0 amide bonds. The van der Waals surface area contributed by atoms with Crippen molar-refractivity contribution in [3.05, 3.63) is 64.6 Å². The molecule has 0 atom stereocenters. The highest BCUT2D eigenvalue weighted by Gasteiger charge is 2.19. The van der Waals surface area contributed by atoms with Gasteiger partial charge in [0.1, 0.15) is 5.84 Å². The highest BCUT2D eigenvalue weighted by atomic mass is 79.9. The standard InChI is InChI=1S/C19H19BrN2O/c20-16-11-9-15(10-12-16)18(23)14-22(17-6-2-1-3-7-17)19-8-4-5-13-21-19/h1-3,6-7,9-12H,4-5,8,13-14H2. The fraction of sp³-hybridized carbons (Fsp3) is 0.263. The Morgan fingerprint density at radius 1 is 1.04 bits per heavy atom. The number of anilines is 1. The molecule has 0 bridgehead atoms. The molecule has 1 aliphatic rings. The van der Waals surface area contributed by atoms with E-state index in [-0.39, 0.29) is 5.78 Å². The molecule has 0 fully saturated rings. The number of Topliss-reactive ketones (excluding diaryl/α,β-unsaturated/α-hetero) is 1. The lowest BCUT2D eigenvalue weighted by Crippen LogP contribution is -2.37. The Hall–Kier alpha value is -1.94. The van der Waals surface area contributed by atoms with Crippen LogP contribution in [0.15, 0.2) is 64.1 Å². The number of halogens is 1. The molecule has 3 nitrogen and oxygen atoms in total. The predicted molar refractivity (Wildman–Crippen MR) is 98.4 cm³/mol. The molecule has 1 aliphatic heterocycles. The summed E-state index contributed by atoms with van der Waals surface area (Å²) in [4.78, 5) is 19.4. The van der Waals surface area contributed by atoms with Gasteiger partial charge in [0.15, 0.2) is 5.78 Å². The third-order valence-electron chi connectivity index (χ3n) is 3.95. The van der Waals surface area contributed by atoms with Crippen LogP contribution in [0.2, 0.25) is 0 Å². The summed E-state index contributed by atoms with van der Waals surface area (Å²) in [6, 6.07) is 17.6. The monoisotopic (exact) mass is 370 g/mol. The summed E-state index contributed by atoms with van der Waals surface area (Å²) in [5.41, 5.74) is 1.75. The fourth-order valence-corrected chi connectivity index (χ4v) is 2.98. The van der Waals surface area contributed by atoms with E-state index < -0.39 is 0 Å². The number of benzene rings is 2. The van der Waals surface area contributed by atoms with Crippen molar-refractivity contribution in [2.75, 3.05) is 18.0 Å². The lowest BCUT2D eigenvalue weighted by Gasteiger charge is -2.27. The van der Waals surface area contributed by atoms with Crippen LogP contribution in [-0.4, -0.2) is 24.7 Å². The number of hydrogen-bond donors (Lipinski definition) is 0. The number of amidine groups is 1. The van der Waals surface area contributed by atoms with Crippen LogP contribution in [-0.2, 0) is 0 Å². The SMILES string of the molecule is O=C(CN(C1=NCCCC1)c1ccccc1)c1ccc(Br)cc1. The van der Waals surface area contributed by atoms with Crippen molar-refractivity contribution in [1.82, 2.24) is 0 Å². The minimum absolute atomic E-state index is 0.106. The summed E-state index contributed by atoms with van der Waals surface area (Å²) >= 11 is 3.40. The van der Waals surface area contributed by atoms with Gasteiger partial charge in [0.2, 0.25) is 0 Å². The number of nitrogens with zero attached hydrogens (tertiary/aromatic N) is 2. The molecule has 0 aromatic heterocycles. The Bertz CT molecular complexity index is 695. The molecule has 0 unspecified atom stereocenters. The van der Waals surface area contributed by atoms with Gasteiger partial charge in [-0.2, -0.15) is 0 Å². The van der Waals surface area contributed by atoms with E-state index in [0.717, 1.165) is 47.4 Å². The largest absolute Gasteiger partial charge is 0.322 e. The van der Waals surface area contributed by atoms with Gasteiger partial charge in [0.25, 0.3) is 0 Å². The molecule has 3 rings (SSSR count). The molecular weight excluding hydrogens is 352 g/mol. The zero-order valence-electron chi connectivity index (χ0n) is 12.9. The van der Waals surface area contributed by atoms with Crippen molar-refractivity contribution in [3.8, 4) is 0 Å². The highest BCUT2D eigenvalue weighted by Crippen LogP contribution is 2.20. The van der Waals surface area contributed by atoms with Crippen LogP contribution in [0.3, 0.4) is 0 Å². The lowest BCUT2D eigenvalue weighted by atomic mass is 10.1. The van der Waals surface area contributed by atoms with Gasteiger partial charge < -0.3 is 4.90 Å². The second-order valence-corrected chi connectivity index (χ2v) is 6.52. The molecule has 0 saturated carbocycles. The summed E-state index contributed by atoms with van der Waals surface area (Å²) < 4.78 is 0.977. The highest BCUT2D eigenvalue weighted by molar-refractivity contribution is 9.10. The quantitative estimate of drug-likeness (QED) is 0.729. The lowest BCUT2D eigenvalue weighted by molar-refractivity contribution is 0.100. The molecule has 0 N–H and O–H groups in total. The third-order valence-corrected chi connectivity index (χ3v) is 4.48. The van der Waals surface area contributed by atoms with Gasteiger partial charge >= 0.3 is 0 Å². The summed E-state index contributed by atoms with van der Waals surface area (Å²) in [6.07, 6.45) is 3.20. The summed E-state index contributed by atoms with van der Waals surface area (Å²) in [7, 11) is 0. The second-order valence-electron chi connectivity index (χ2n) is 5.61. The molecular formula is C19H19BrN2O. The van der Waals surface area contributed by atoms with Gasteiger partial charge in [-0.1, -0.05) is 46.3 Å². The van der Waals surface area contributed by atoms with E-state index in [2.05, 4.69) is 25.8 Å². The number of carbonyl (C=O) groups is 1. The van der Waals surface area contributed by atoms with Crippen molar-refractivity contribution < 1.29 is 4.79 Å². The van der Waals surface area contributed by atoms with E-state index in [9.17, 15) is 4.79 Å². The second kappa shape index (κ2) is 7.55. The van der Waals surface area contributed by atoms with Gasteiger partial charge in [-0.3, -0.25) is 9.79 Å². The van der Waals surface area contributed by atoms with Crippen LogP contribution in [0.1, 0.15) is 29.6 Å². The average Bonchev–Trinajstić information content (AvgIpc) is 2.61. The first-order valence-corrected chi connectivity index (χ1v) is 8.68. The molecule has 4 heteroatoms. The Balaban J connectivity index is 1.85. The van der Waals surface area contributed by atoms with E-state index in [4.69, 9.17) is 0 Å². The molecule has 1 heterocycles. The van der Waals surface area contributed by atoms with Crippen molar-refractivity contribution in [2.45, 2.75) is 19.3 Å².